The second kappa shape index (κ2) is 5.74. The molecule has 2 aliphatic heterocycles. The summed E-state index contributed by atoms with van der Waals surface area (Å²) in [7, 11) is 0. The van der Waals surface area contributed by atoms with Crippen LogP contribution in [0.2, 0.25) is 0 Å². The maximum atomic E-state index is 12.3. The number of fused-ring (bicyclic) bond motifs is 1. The summed E-state index contributed by atoms with van der Waals surface area (Å²) in [6.45, 7) is 0.525. The molecule has 0 bridgehead atoms. The maximum Gasteiger partial charge on any atom is 0.246 e. The van der Waals surface area contributed by atoms with Gasteiger partial charge in [0, 0.05) is 6.54 Å². The lowest BCUT2D eigenvalue weighted by Crippen LogP contribution is -2.43. The van der Waals surface area contributed by atoms with Gasteiger partial charge >= 0.3 is 0 Å². The van der Waals surface area contributed by atoms with E-state index in [9.17, 15) is 14.7 Å². The van der Waals surface area contributed by atoms with Gasteiger partial charge in [-0.05, 0) is 23.3 Å². The van der Waals surface area contributed by atoms with Crippen LogP contribution in [0.25, 0.3) is 0 Å². The summed E-state index contributed by atoms with van der Waals surface area (Å²) in [6, 6.07) is 15.7. The van der Waals surface area contributed by atoms with Crippen molar-refractivity contribution >= 4 is 11.8 Å². The minimum atomic E-state index is -0.531. The highest BCUT2D eigenvalue weighted by Crippen LogP contribution is 2.37. The van der Waals surface area contributed by atoms with Gasteiger partial charge in [0.25, 0.3) is 0 Å². The smallest absolute Gasteiger partial charge is 0.246 e. The fourth-order valence-electron chi connectivity index (χ4n) is 3.48. The standard InChI is InChI=1S/C18H17N3O3/c22-13-8-6-12(7-9-13)15-14-16(18(24)19-17(14)23)21(20-15)10-11-4-2-1-3-5-11/h1-9,14-16,20,22H,10H2,(H,19,23,24)/t14-,15-,16-/m0/s1. The molecule has 0 saturated carbocycles. The summed E-state index contributed by atoms with van der Waals surface area (Å²) in [5.41, 5.74) is 5.23. The monoisotopic (exact) mass is 323 g/mol. The highest BCUT2D eigenvalue weighted by atomic mass is 16.3. The number of phenols is 1. The SMILES string of the molecule is O=C1NC(=O)[C@@H]2[C@@H]1[C@H](c1ccc(O)cc1)NN2Cc1ccccc1. The molecule has 2 saturated heterocycles. The average Bonchev–Trinajstić information content (AvgIpc) is 3.09. The molecule has 122 valence electrons. The number of nitrogens with zero attached hydrogens (tertiary/aromatic N) is 1. The molecule has 0 aliphatic carbocycles. The lowest BCUT2D eigenvalue weighted by atomic mass is 9.91. The van der Waals surface area contributed by atoms with Crippen molar-refractivity contribution in [2.45, 2.75) is 18.6 Å². The molecule has 24 heavy (non-hydrogen) atoms. The van der Waals surface area contributed by atoms with Crippen LogP contribution in [0, 0.1) is 5.92 Å². The first-order valence-corrected chi connectivity index (χ1v) is 7.84. The van der Waals surface area contributed by atoms with E-state index >= 15 is 0 Å². The Hall–Kier alpha value is -2.70. The Morgan fingerprint density at radius 2 is 1.67 bits per heavy atom. The summed E-state index contributed by atoms with van der Waals surface area (Å²) in [6.07, 6.45) is 0. The van der Waals surface area contributed by atoms with Gasteiger partial charge < -0.3 is 5.11 Å². The fraction of sp³-hybridized carbons (Fsp3) is 0.222. The minimum absolute atomic E-state index is 0.168. The van der Waals surface area contributed by atoms with E-state index in [1.54, 1.807) is 24.3 Å². The molecule has 4 rings (SSSR count). The van der Waals surface area contributed by atoms with Crippen molar-refractivity contribution < 1.29 is 14.7 Å². The molecule has 2 amide bonds. The van der Waals surface area contributed by atoms with E-state index in [-0.39, 0.29) is 23.6 Å². The van der Waals surface area contributed by atoms with Crippen LogP contribution < -0.4 is 10.7 Å². The number of imide groups is 1. The molecular weight excluding hydrogens is 306 g/mol. The number of amides is 2. The number of aromatic hydroxyl groups is 1. The average molecular weight is 323 g/mol. The molecule has 2 heterocycles. The zero-order chi connectivity index (χ0) is 16.7. The van der Waals surface area contributed by atoms with E-state index in [1.807, 2.05) is 35.3 Å². The largest absolute Gasteiger partial charge is 0.508 e. The summed E-state index contributed by atoms with van der Waals surface area (Å²) in [5, 5.41) is 13.7. The lowest BCUT2D eigenvalue weighted by Gasteiger charge is -2.22. The molecule has 2 aromatic carbocycles. The van der Waals surface area contributed by atoms with Gasteiger partial charge in [0.15, 0.2) is 0 Å². The first-order chi connectivity index (χ1) is 11.6. The van der Waals surface area contributed by atoms with Gasteiger partial charge in [-0.2, -0.15) is 0 Å². The van der Waals surface area contributed by atoms with Gasteiger partial charge in [-0.1, -0.05) is 42.5 Å². The Balaban J connectivity index is 1.66. The van der Waals surface area contributed by atoms with Crippen LogP contribution in [0.5, 0.6) is 5.75 Å². The summed E-state index contributed by atoms with van der Waals surface area (Å²) >= 11 is 0. The van der Waals surface area contributed by atoms with Crippen LogP contribution in [0.3, 0.4) is 0 Å². The number of benzene rings is 2. The van der Waals surface area contributed by atoms with Crippen molar-refractivity contribution in [2.75, 3.05) is 0 Å². The Labute approximate surface area is 139 Å². The molecule has 0 aromatic heterocycles. The van der Waals surface area contributed by atoms with Gasteiger partial charge in [-0.3, -0.25) is 14.9 Å². The van der Waals surface area contributed by atoms with Crippen molar-refractivity contribution in [3.05, 3.63) is 65.7 Å². The number of rotatable bonds is 3. The van der Waals surface area contributed by atoms with Crippen molar-refractivity contribution in [1.29, 1.82) is 0 Å². The molecule has 3 N–H and O–H groups in total. The molecule has 0 unspecified atom stereocenters. The van der Waals surface area contributed by atoms with Crippen molar-refractivity contribution in [3.8, 4) is 5.75 Å². The number of phenolic OH excluding ortho intramolecular Hbond substituents is 1. The number of nitrogens with one attached hydrogen (secondary N) is 2. The zero-order valence-electron chi connectivity index (χ0n) is 12.8. The van der Waals surface area contributed by atoms with Crippen LogP contribution in [-0.2, 0) is 16.1 Å². The van der Waals surface area contributed by atoms with Gasteiger partial charge in [0.1, 0.15) is 11.8 Å². The van der Waals surface area contributed by atoms with Crippen LogP contribution >= 0.6 is 0 Å². The zero-order valence-corrected chi connectivity index (χ0v) is 12.8. The molecule has 3 atom stereocenters. The predicted molar refractivity (Wildman–Crippen MR) is 86.4 cm³/mol. The van der Waals surface area contributed by atoms with E-state index in [2.05, 4.69) is 10.7 Å². The van der Waals surface area contributed by atoms with E-state index in [1.165, 1.54) is 0 Å². The minimum Gasteiger partial charge on any atom is -0.508 e. The molecule has 0 spiro atoms. The van der Waals surface area contributed by atoms with Gasteiger partial charge in [0.2, 0.25) is 11.8 Å². The number of hydrazine groups is 1. The molecule has 2 aliphatic rings. The maximum absolute atomic E-state index is 12.3. The van der Waals surface area contributed by atoms with Gasteiger partial charge in [0.05, 0.1) is 12.0 Å². The van der Waals surface area contributed by atoms with Gasteiger partial charge in [-0.25, -0.2) is 10.4 Å². The second-order valence-corrected chi connectivity index (χ2v) is 6.14. The van der Waals surface area contributed by atoms with Crippen LogP contribution in [0.4, 0.5) is 0 Å². The fourth-order valence-corrected chi connectivity index (χ4v) is 3.48. The Bertz CT molecular complexity index is 776. The van der Waals surface area contributed by atoms with Crippen LogP contribution in [-0.4, -0.2) is 28.0 Å². The third-order valence-corrected chi connectivity index (χ3v) is 4.61. The first-order valence-electron chi connectivity index (χ1n) is 7.84. The van der Waals surface area contributed by atoms with Crippen LogP contribution in [0.15, 0.2) is 54.6 Å². The molecule has 2 fully saturated rings. The Kier molecular flexibility index (Phi) is 3.55. The van der Waals surface area contributed by atoms with E-state index in [0.717, 1.165) is 11.1 Å². The quantitative estimate of drug-likeness (QED) is 0.737. The topological polar surface area (TPSA) is 81.7 Å². The Morgan fingerprint density at radius 1 is 0.958 bits per heavy atom. The highest BCUT2D eigenvalue weighted by molar-refractivity contribution is 6.07. The first kappa shape index (κ1) is 14.9. The highest BCUT2D eigenvalue weighted by Gasteiger charge is 2.54. The second-order valence-electron chi connectivity index (χ2n) is 6.14. The number of hydrogen-bond donors (Lipinski definition) is 3. The molecule has 2 aromatic rings. The third-order valence-electron chi connectivity index (χ3n) is 4.61. The normalized spacial score (nSPS) is 26.4. The number of carbonyl (C=O) groups excluding carboxylic acids is 2. The summed E-state index contributed by atoms with van der Waals surface area (Å²) in [4.78, 5) is 24.5. The molecule has 6 heteroatoms. The number of hydrogen-bond acceptors (Lipinski definition) is 5. The summed E-state index contributed by atoms with van der Waals surface area (Å²) < 4.78 is 0. The molecule has 0 radical (unpaired) electrons. The van der Waals surface area contributed by atoms with E-state index in [0.29, 0.717) is 6.54 Å². The van der Waals surface area contributed by atoms with Gasteiger partial charge in [-0.15, -0.1) is 0 Å². The predicted octanol–water partition coefficient (Wildman–Crippen LogP) is 1.09. The van der Waals surface area contributed by atoms with Crippen molar-refractivity contribution in [2.24, 2.45) is 5.92 Å². The van der Waals surface area contributed by atoms with E-state index < -0.39 is 12.0 Å². The summed E-state index contributed by atoms with van der Waals surface area (Å²) in [5.74, 6) is -0.840. The Morgan fingerprint density at radius 3 is 2.38 bits per heavy atom. The molecular formula is C18H17N3O3. The lowest BCUT2D eigenvalue weighted by molar-refractivity contribution is -0.127. The number of carbonyl (C=O) groups is 2. The van der Waals surface area contributed by atoms with Crippen LogP contribution in [0.1, 0.15) is 17.2 Å². The van der Waals surface area contributed by atoms with Crippen molar-refractivity contribution in [1.82, 2.24) is 15.8 Å². The molecule has 6 nitrogen and oxygen atoms in total. The van der Waals surface area contributed by atoms with E-state index in [4.69, 9.17) is 0 Å². The third kappa shape index (κ3) is 2.46. The van der Waals surface area contributed by atoms with Crippen molar-refractivity contribution in [3.63, 3.8) is 0 Å².